The number of anilines is 1. The maximum Gasteiger partial charge on any atom is 0.299 e. The van der Waals surface area contributed by atoms with Gasteiger partial charge < -0.3 is 18.5 Å². The first-order chi connectivity index (χ1) is 11.6. The van der Waals surface area contributed by atoms with Crippen molar-refractivity contribution in [1.29, 1.82) is 0 Å². The molecule has 0 saturated carbocycles. The van der Waals surface area contributed by atoms with Gasteiger partial charge in [0.2, 0.25) is 11.8 Å². The molecule has 1 saturated heterocycles. The van der Waals surface area contributed by atoms with E-state index in [4.69, 9.17) is 13.6 Å². The first-order valence-corrected chi connectivity index (χ1v) is 7.85. The summed E-state index contributed by atoms with van der Waals surface area (Å²) in [5.41, 5.74) is 1.01. The van der Waals surface area contributed by atoms with Crippen LogP contribution in [0.15, 0.2) is 27.0 Å². The molecule has 1 atom stereocenters. The lowest BCUT2D eigenvalue weighted by atomic mass is 10.2. The molecule has 3 aromatic rings. The molecule has 1 aromatic carbocycles. The van der Waals surface area contributed by atoms with Crippen molar-refractivity contribution in [3.63, 3.8) is 0 Å². The number of benzene rings is 1. The minimum atomic E-state index is -0.359. The van der Waals surface area contributed by atoms with Gasteiger partial charge in [0, 0.05) is 18.5 Å². The fourth-order valence-electron chi connectivity index (χ4n) is 2.66. The van der Waals surface area contributed by atoms with Crippen LogP contribution in [0, 0.1) is 5.82 Å². The summed E-state index contributed by atoms with van der Waals surface area (Å²) in [6, 6.07) is 4.39. The average molecular weight is 332 g/mol. The summed E-state index contributed by atoms with van der Waals surface area (Å²) in [6.07, 6.45) is 0. The standard InChI is InChI=1S/C16H17FN4O3/c1-9(2)14-19-20-15(24-14)12-8-22-6-5-21(12)16-18-11-4-3-10(17)7-13(11)23-16/h3-4,7,9,12H,5-6,8H2,1-2H3. The maximum atomic E-state index is 13.4. The number of aromatic nitrogens is 3. The molecule has 1 unspecified atom stereocenters. The summed E-state index contributed by atoms with van der Waals surface area (Å²) in [5.74, 6) is 0.834. The Morgan fingerprint density at radius 1 is 1.25 bits per heavy atom. The van der Waals surface area contributed by atoms with E-state index in [0.717, 1.165) is 0 Å². The van der Waals surface area contributed by atoms with Gasteiger partial charge in [0.15, 0.2) is 5.58 Å². The smallest absolute Gasteiger partial charge is 0.299 e. The van der Waals surface area contributed by atoms with Crippen LogP contribution < -0.4 is 4.90 Å². The Labute approximate surface area is 137 Å². The Kier molecular flexibility index (Phi) is 3.68. The summed E-state index contributed by atoms with van der Waals surface area (Å²) in [7, 11) is 0. The second kappa shape index (κ2) is 5.86. The number of hydrogen-bond donors (Lipinski definition) is 0. The zero-order valence-electron chi connectivity index (χ0n) is 13.4. The van der Waals surface area contributed by atoms with Crippen LogP contribution in [0.4, 0.5) is 10.4 Å². The number of hydrogen-bond acceptors (Lipinski definition) is 7. The minimum Gasteiger partial charge on any atom is -0.423 e. The molecule has 4 rings (SSSR count). The predicted octanol–water partition coefficient (Wildman–Crippen LogP) is 3.05. The highest BCUT2D eigenvalue weighted by molar-refractivity contribution is 5.74. The molecular weight excluding hydrogens is 315 g/mol. The van der Waals surface area contributed by atoms with E-state index in [1.54, 1.807) is 6.07 Å². The van der Waals surface area contributed by atoms with Crippen molar-refractivity contribution in [2.24, 2.45) is 0 Å². The van der Waals surface area contributed by atoms with Crippen molar-refractivity contribution in [2.75, 3.05) is 24.7 Å². The Morgan fingerprint density at radius 3 is 2.92 bits per heavy atom. The number of halogens is 1. The van der Waals surface area contributed by atoms with Crippen LogP contribution in [-0.2, 0) is 4.74 Å². The quantitative estimate of drug-likeness (QED) is 0.729. The minimum absolute atomic E-state index is 0.150. The third kappa shape index (κ3) is 2.62. The summed E-state index contributed by atoms with van der Waals surface area (Å²) in [4.78, 5) is 6.36. The van der Waals surface area contributed by atoms with E-state index >= 15 is 0 Å². The molecule has 1 aliphatic heterocycles. The maximum absolute atomic E-state index is 13.4. The molecule has 0 aliphatic carbocycles. The Hall–Kier alpha value is -2.48. The number of morpholine rings is 1. The van der Waals surface area contributed by atoms with E-state index in [-0.39, 0.29) is 17.8 Å². The highest BCUT2D eigenvalue weighted by atomic mass is 19.1. The lowest BCUT2D eigenvalue weighted by molar-refractivity contribution is 0.0827. The SMILES string of the molecule is CC(C)c1nnc(C2COCCN2c2nc3ccc(F)cc3o2)o1. The van der Waals surface area contributed by atoms with Crippen molar-refractivity contribution in [2.45, 2.75) is 25.8 Å². The third-order valence-corrected chi connectivity index (χ3v) is 3.95. The molecule has 0 bridgehead atoms. The Morgan fingerprint density at radius 2 is 2.12 bits per heavy atom. The van der Waals surface area contributed by atoms with Crippen LogP contribution in [0.3, 0.4) is 0 Å². The second-order valence-electron chi connectivity index (χ2n) is 6.03. The highest BCUT2D eigenvalue weighted by Gasteiger charge is 2.32. The topological polar surface area (TPSA) is 77.4 Å². The van der Waals surface area contributed by atoms with Gasteiger partial charge in [0.05, 0.1) is 13.2 Å². The first kappa shape index (κ1) is 15.1. The van der Waals surface area contributed by atoms with E-state index < -0.39 is 0 Å². The van der Waals surface area contributed by atoms with E-state index in [0.29, 0.717) is 48.7 Å². The number of ether oxygens (including phenoxy) is 1. The van der Waals surface area contributed by atoms with E-state index in [1.165, 1.54) is 12.1 Å². The molecule has 3 heterocycles. The van der Waals surface area contributed by atoms with Gasteiger partial charge >= 0.3 is 0 Å². The van der Waals surface area contributed by atoms with Gasteiger partial charge in [-0.3, -0.25) is 0 Å². The van der Waals surface area contributed by atoms with E-state index in [9.17, 15) is 4.39 Å². The fraction of sp³-hybridized carbons (Fsp3) is 0.438. The molecule has 7 nitrogen and oxygen atoms in total. The van der Waals surface area contributed by atoms with Gasteiger partial charge in [0.25, 0.3) is 6.01 Å². The summed E-state index contributed by atoms with van der Waals surface area (Å²) in [5, 5.41) is 8.21. The summed E-state index contributed by atoms with van der Waals surface area (Å²) in [6.45, 7) is 5.48. The van der Waals surface area contributed by atoms with Gasteiger partial charge in [0.1, 0.15) is 17.4 Å². The highest BCUT2D eigenvalue weighted by Crippen LogP contribution is 2.31. The van der Waals surface area contributed by atoms with Crippen molar-refractivity contribution < 1.29 is 18.0 Å². The molecule has 2 aromatic heterocycles. The van der Waals surface area contributed by atoms with Crippen molar-refractivity contribution in [3.05, 3.63) is 35.8 Å². The van der Waals surface area contributed by atoms with Crippen LogP contribution in [-0.4, -0.2) is 34.9 Å². The van der Waals surface area contributed by atoms with E-state index in [2.05, 4.69) is 15.2 Å². The largest absolute Gasteiger partial charge is 0.423 e. The van der Waals surface area contributed by atoms with Gasteiger partial charge in [-0.1, -0.05) is 13.8 Å². The Balaban J connectivity index is 1.69. The van der Waals surface area contributed by atoms with Crippen LogP contribution in [0.1, 0.15) is 37.6 Å². The lowest BCUT2D eigenvalue weighted by Crippen LogP contribution is -2.40. The van der Waals surface area contributed by atoms with E-state index in [1.807, 2.05) is 18.7 Å². The van der Waals surface area contributed by atoms with Crippen LogP contribution in [0.2, 0.25) is 0 Å². The lowest BCUT2D eigenvalue weighted by Gasteiger charge is -2.31. The normalized spacial score (nSPS) is 18.7. The fourth-order valence-corrected chi connectivity index (χ4v) is 2.66. The van der Waals surface area contributed by atoms with Crippen molar-refractivity contribution in [1.82, 2.24) is 15.2 Å². The second-order valence-corrected chi connectivity index (χ2v) is 6.03. The summed E-state index contributed by atoms with van der Waals surface area (Å²) >= 11 is 0. The summed E-state index contributed by atoms with van der Waals surface area (Å²) < 4.78 is 30.4. The molecule has 0 N–H and O–H groups in total. The monoisotopic (exact) mass is 332 g/mol. The molecule has 1 fully saturated rings. The zero-order chi connectivity index (χ0) is 16.7. The van der Waals surface area contributed by atoms with Crippen LogP contribution in [0.25, 0.3) is 11.1 Å². The molecule has 0 amide bonds. The van der Waals surface area contributed by atoms with Gasteiger partial charge in [-0.25, -0.2) is 4.39 Å². The van der Waals surface area contributed by atoms with Gasteiger partial charge in [-0.15, -0.1) is 10.2 Å². The van der Waals surface area contributed by atoms with Crippen LogP contribution >= 0.6 is 0 Å². The number of rotatable bonds is 3. The molecule has 126 valence electrons. The van der Waals surface area contributed by atoms with Gasteiger partial charge in [-0.2, -0.15) is 4.98 Å². The number of nitrogens with zero attached hydrogens (tertiary/aromatic N) is 4. The molecule has 0 radical (unpaired) electrons. The average Bonchev–Trinajstić information content (AvgIpc) is 3.21. The predicted molar refractivity (Wildman–Crippen MR) is 83.3 cm³/mol. The first-order valence-electron chi connectivity index (χ1n) is 7.85. The number of fused-ring (bicyclic) bond motifs is 1. The van der Waals surface area contributed by atoms with Gasteiger partial charge in [-0.05, 0) is 12.1 Å². The molecular formula is C16H17FN4O3. The molecule has 24 heavy (non-hydrogen) atoms. The zero-order valence-corrected chi connectivity index (χ0v) is 13.4. The van der Waals surface area contributed by atoms with Crippen molar-refractivity contribution >= 4 is 17.1 Å². The number of oxazole rings is 1. The van der Waals surface area contributed by atoms with Crippen molar-refractivity contribution in [3.8, 4) is 0 Å². The molecule has 1 aliphatic rings. The third-order valence-electron chi connectivity index (χ3n) is 3.95. The van der Waals surface area contributed by atoms with Crippen LogP contribution in [0.5, 0.6) is 0 Å². The molecule has 8 heteroatoms. The molecule has 0 spiro atoms. The Bertz CT molecular complexity index is 860.